The van der Waals surface area contributed by atoms with Gasteiger partial charge >= 0.3 is 0 Å². The van der Waals surface area contributed by atoms with Crippen LogP contribution in [0.3, 0.4) is 0 Å². The highest BCUT2D eigenvalue weighted by molar-refractivity contribution is 6.35. The molecular formula is C44H36. The van der Waals surface area contributed by atoms with E-state index in [4.69, 9.17) is 0 Å². The lowest BCUT2D eigenvalue weighted by Gasteiger charge is -2.25. The maximum Gasteiger partial charge on any atom is -0.00201 e. The van der Waals surface area contributed by atoms with E-state index < -0.39 is 0 Å². The molecule has 0 heterocycles. The third-order valence-electron chi connectivity index (χ3n) is 10.2. The number of rotatable bonds is 1. The summed E-state index contributed by atoms with van der Waals surface area (Å²) in [6.07, 6.45) is 0. The van der Waals surface area contributed by atoms with Gasteiger partial charge in [0.15, 0.2) is 0 Å². The van der Waals surface area contributed by atoms with Crippen LogP contribution in [-0.4, -0.2) is 0 Å². The molecule has 0 aromatic heterocycles. The van der Waals surface area contributed by atoms with Gasteiger partial charge in [-0.1, -0.05) is 139 Å². The van der Waals surface area contributed by atoms with Gasteiger partial charge in [0, 0.05) is 0 Å². The Bertz CT molecular complexity index is 2520. The van der Waals surface area contributed by atoms with E-state index in [2.05, 4.69) is 151 Å². The normalized spacial score (nSPS) is 13.2. The lowest BCUT2D eigenvalue weighted by molar-refractivity contribution is 0.590. The molecule has 0 N–H and O–H groups in total. The summed E-state index contributed by atoms with van der Waals surface area (Å²) in [5, 5.41) is 18.9. The number of benzene rings is 9. The van der Waals surface area contributed by atoms with Crippen molar-refractivity contribution in [2.24, 2.45) is 0 Å². The number of fused-ring (bicyclic) bond motifs is 2. The van der Waals surface area contributed by atoms with Gasteiger partial charge in [-0.2, -0.15) is 0 Å². The molecule has 212 valence electrons. The van der Waals surface area contributed by atoms with Crippen LogP contribution in [0.4, 0.5) is 0 Å². The second-order valence-corrected chi connectivity index (χ2v) is 15.0. The minimum atomic E-state index is 0.0559. The van der Waals surface area contributed by atoms with Gasteiger partial charge in [-0.15, -0.1) is 0 Å². The largest absolute Gasteiger partial charge is 0.0610 e. The van der Waals surface area contributed by atoms with Crippen LogP contribution in [0.15, 0.2) is 109 Å². The van der Waals surface area contributed by atoms with Crippen molar-refractivity contribution in [1.82, 2.24) is 0 Å². The van der Waals surface area contributed by atoms with E-state index in [0.717, 1.165) is 0 Å². The van der Waals surface area contributed by atoms with Crippen LogP contribution in [0, 0.1) is 0 Å². The minimum Gasteiger partial charge on any atom is -0.0610 e. The molecule has 0 heteroatoms. The molecule has 0 aliphatic rings. The molecule has 0 atom stereocenters. The summed E-state index contributed by atoms with van der Waals surface area (Å²) >= 11 is 0. The Labute approximate surface area is 258 Å². The lowest BCUT2D eigenvalue weighted by Crippen LogP contribution is -2.12. The number of hydrogen-bond acceptors (Lipinski definition) is 0. The topological polar surface area (TPSA) is 0 Å². The predicted octanol–water partition coefficient (Wildman–Crippen LogP) is 12.9. The minimum absolute atomic E-state index is 0.0559. The van der Waals surface area contributed by atoms with Crippen molar-refractivity contribution in [2.45, 2.75) is 52.4 Å². The fourth-order valence-electron chi connectivity index (χ4n) is 7.87. The van der Waals surface area contributed by atoms with Crippen LogP contribution in [-0.2, 0) is 10.8 Å². The zero-order valence-corrected chi connectivity index (χ0v) is 26.4. The maximum absolute atomic E-state index is 2.48. The molecule has 0 aliphatic carbocycles. The van der Waals surface area contributed by atoms with Crippen molar-refractivity contribution in [3.05, 3.63) is 120 Å². The molecule has 9 aromatic carbocycles. The molecule has 9 aromatic rings. The third kappa shape index (κ3) is 3.46. The summed E-state index contributed by atoms with van der Waals surface area (Å²) in [5.41, 5.74) is 5.51. The Morgan fingerprint density at radius 1 is 0.318 bits per heavy atom. The van der Waals surface area contributed by atoms with Crippen LogP contribution in [0.1, 0.15) is 52.7 Å². The van der Waals surface area contributed by atoms with E-state index >= 15 is 0 Å². The SMILES string of the molecule is CC(C)(C)c1cc2cc(C(C)(C)C)cc3c4ccc(-c5ccc6ccc7cccc8ccc5c6c78)c5cccc(c(c1)c23)c54. The van der Waals surface area contributed by atoms with E-state index in [1.54, 1.807) is 0 Å². The van der Waals surface area contributed by atoms with Gasteiger partial charge in [0.1, 0.15) is 0 Å². The molecular weight excluding hydrogens is 528 g/mol. The summed E-state index contributed by atoms with van der Waals surface area (Å²) in [6.45, 7) is 14.0. The Hall–Kier alpha value is -4.68. The molecule has 0 nitrogen and oxygen atoms in total. The van der Waals surface area contributed by atoms with E-state index in [0.29, 0.717) is 0 Å². The Balaban J connectivity index is 1.45. The second kappa shape index (κ2) is 8.48. The first-order chi connectivity index (χ1) is 21.1. The zero-order chi connectivity index (χ0) is 30.1. The Morgan fingerprint density at radius 3 is 1.41 bits per heavy atom. The van der Waals surface area contributed by atoms with E-state index in [9.17, 15) is 0 Å². The number of hydrogen-bond donors (Lipinski definition) is 0. The first kappa shape index (κ1) is 25.8. The first-order valence-corrected chi connectivity index (χ1v) is 15.9. The average Bonchev–Trinajstić information content (AvgIpc) is 3.01. The monoisotopic (exact) mass is 564 g/mol. The van der Waals surface area contributed by atoms with Crippen molar-refractivity contribution in [2.75, 3.05) is 0 Å². The highest BCUT2D eigenvalue weighted by Gasteiger charge is 2.23. The van der Waals surface area contributed by atoms with Gasteiger partial charge < -0.3 is 0 Å². The molecule has 0 spiro atoms. The molecule has 44 heavy (non-hydrogen) atoms. The zero-order valence-electron chi connectivity index (χ0n) is 26.4. The molecule has 0 radical (unpaired) electrons. The highest BCUT2D eigenvalue weighted by Crippen LogP contribution is 2.47. The molecule has 0 aliphatic heterocycles. The summed E-state index contributed by atoms with van der Waals surface area (Å²) < 4.78 is 0. The van der Waals surface area contributed by atoms with Crippen molar-refractivity contribution >= 4 is 75.4 Å². The summed E-state index contributed by atoms with van der Waals surface area (Å²) in [4.78, 5) is 0. The van der Waals surface area contributed by atoms with Gasteiger partial charge in [-0.3, -0.25) is 0 Å². The van der Waals surface area contributed by atoms with Gasteiger partial charge in [0.05, 0.1) is 0 Å². The fraction of sp³-hybridized carbons (Fsp3) is 0.182. The predicted molar refractivity (Wildman–Crippen MR) is 194 cm³/mol. The van der Waals surface area contributed by atoms with Gasteiger partial charge in [0.25, 0.3) is 0 Å². The van der Waals surface area contributed by atoms with Crippen LogP contribution in [0.5, 0.6) is 0 Å². The third-order valence-corrected chi connectivity index (χ3v) is 10.2. The second-order valence-electron chi connectivity index (χ2n) is 15.0. The van der Waals surface area contributed by atoms with Crippen LogP contribution in [0.25, 0.3) is 86.5 Å². The van der Waals surface area contributed by atoms with E-state index in [-0.39, 0.29) is 10.8 Å². The summed E-state index contributed by atoms with van der Waals surface area (Å²) in [5.74, 6) is 0. The molecule has 0 unspecified atom stereocenters. The molecule has 0 amide bonds. The first-order valence-electron chi connectivity index (χ1n) is 15.9. The molecule has 9 rings (SSSR count). The molecule has 0 saturated carbocycles. The Kier molecular flexibility index (Phi) is 4.97. The summed E-state index contributed by atoms with van der Waals surface area (Å²) in [7, 11) is 0. The van der Waals surface area contributed by atoms with Gasteiger partial charge in [-0.25, -0.2) is 0 Å². The van der Waals surface area contributed by atoms with Gasteiger partial charge in [-0.05, 0) is 121 Å². The highest BCUT2D eigenvalue weighted by atomic mass is 14.3. The van der Waals surface area contributed by atoms with E-state index in [1.807, 2.05) is 0 Å². The quantitative estimate of drug-likeness (QED) is 0.137. The van der Waals surface area contributed by atoms with Crippen LogP contribution in [0.2, 0.25) is 0 Å². The standard InChI is InChI=1S/C44H36/c1-43(2,3)29-21-28-22-30(44(4,5)6)24-38-36-20-19-32(33-11-8-12-34(42(33)36)37(23-29)40(28)38)31-17-15-27-14-13-25-9-7-10-26-16-18-35(31)41(27)39(25)26/h7-24H,1-6H3. The van der Waals surface area contributed by atoms with Crippen LogP contribution < -0.4 is 0 Å². The summed E-state index contributed by atoms with van der Waals surface area (Å²) in [6, 6.07) is 42.1. The molecule has 0 saturated heterocycles. The van der Waals surface area contributed by atoms with E-state index in [1.165, 1.54) is 97.7 Å². The smallest absolute Gasteiger partial charge is 0.00201 e. The van der Waals surface area contributed by atoms with Crippen molar-refractivity contribution in [3.8, 4) is 11.1 Å². The van der Waals surface area contributed by atoms with Crippen molar-refractivity contribution < 1.29 is 0 Å². The fourth-order valence-corrected chi connectivity index (χ4v) is 7.87. The van der Waals surface area contributed by atoms with Crippen molar-refractivity contribution in [3.63, 3.8) is 0 Å². The Morgan fingerprint density at radius 2 is 0.773 bits per heavy atom. The van der Waals surface area contributed by atoms with Gasteiger partial charge in [0.2, 0.25) is 0 Å². The maximum atomic E-state index is 2.48. The average molecular weight is 565 g/mol. The molecule has 0 fully saturated rings. The molecule has 0 bridgehead atoms. The lowest BCUT2D eigenvalue weighted by atomic mass is 9.78. The van der Waals surface area contributed by atoms with Crippen molar-refractivity contribution in [1.29, 1.82) is 0 Å². The van der Waals surface area contributed by atoms with Crippen LogP contribution >= 0.6 is 0 Å².